The van der Waals surface area contributed by atoms with E-state index in [0.717, 1.165) is 43.6 Å². The molecule has 0 unspecified atom stereocenters. The van der Waals surface area contributed by atoms with Gasteiger partial charge in [0, 0.05) is 6.04 Å². The number of unbranched alkanes of at least 4 members (excludes halogenated alkanes) is 5. The zero-order valence-corrected chi connectivity index (χ0v) is 20.0. The molecule has 174 valence electrons. The number of nitrogens with one attached hydrogen (secondary N) is 1. The van der Waals surface area contributed by atoms with E-state index in [1.807, 2.05) is 0 Å². The number of hydrogen-bond acceptors (Lipinski definition) is 3. The van der Waals surface area contributed by atoms with Gasteiger partial charge in [0.25, 0.3) is 0 Å². The van der Waals surface area contributed by atoms with Crippen molar-refractivity contribution in [3.05, 3.63) is 0 Å². The molecule has 0 aromatic rings. The quantitative estimate of drug-likeness (QED) is 0.444. The lowest BCUT2D eigenvalue weighted by Crippen LogP contribution is -2.59. The van der Waals surface area contributed by atoms with Gasteiger partial charge in [-0.3, -0.25) is 0 Å². The Labute approximate surface area is 185 Å². The second-order valence-electron chi connectivity index (χ2n) is 12.1. The van der Waals surface area contributed by atoms with Gasteiger partial charge in [-0.2, -0.15) is 0 Å². The number of rotatable bonds is 8. The number of aliphatic hydroxyl groups is 2. The Balaban J connectivity index is 1.36. The van der Waals surface area contributed by atoms with E-state index in [0.29, 0.717) is 11.3 Å². The summed E-state index contributed by atoms with van der Waals surface area (Å²) in [6, 6.07) is 0.281. The molecule has 3 nitrogen and oxygen atoms in total. The van der Waals surface area contributed by atoms with Crippen molar-refractivity contribution in [2.75, 3.05) is 6.54 Å². The highest BCUT2D eigenvalue weighted by molar-refractivity contribution is 5.11. The molecule has 0 amide bonds. The van der Waals surface area contributed by atoms with Gasteiger partial charge in [-0.05, 0) is 98.8 Å². The fourth-order valence-electron chi connectivity index (χ4n) is 8.68. The molecule has 0 aromatic carbocycles. The van der Waals surface area contributed by atoms with Crippen LogP contribution in [0.3, 0.4) is 0 Å². The maximum absolute atomic E-state index is 10.9. The fourth-order valence-corrected chi connectivity index (χ4v) is 8.68. The van der Waals surface area contributed by atoms with Crippen LogP contribution in [0.15, 0.2) is 0 Å². The minimum absolute atomic E-state index is 0.0751. The zero-order chi connectivity index (χ0) is 21.4. The summed E-state index contributed by atoms with van der Waals surface area (Å²) in [5.41, 5.74) is 0.545. The Bertz CT molecular complexity index is 567. The van der Waals surface area contributed by atoms with Gasteiger partial charge >= 0.3 is 0 Å². The molecule has 4 fully saturated rings. The van der Waals surface area contributed by atoms with Crippen molar-refractivity contribution in [1.29, 1.82) is 0 Å². The standard InChI is InChI=1S/C27H49NO2/c1-4-5-6-7-8-9-16-28-23-18-27(3)19(17-24(23)29)10-11-20-21-12-13-25(30)26(21,2)15-14-22(20)27/h19-25,28-30H,4-18H2,1-3H3/t19-,20-,21-,22-,23-,24-,25-,26-,27-/m0/s1. The first-order valence-corrected chi connectivity index (χ1v) is 13.5. The minimum Gasteiger partial charge on any atom is -0.393 e. The number of aliphatic hydroxyl groups excluding tert-OH is 2. The Hall–Kier alpha value is -0.120. The molecule has 30 heavy (non-hydrogen) atoms. The molecule has 0 spiro atoms. The summed E-state index contributed by atoms with van der Waals surface area (Å²) < 4.78 is 0. The summed E-state index contributed by atoms with van der Waals surface area (Å²) in [5.74, 6) is 3.02. The Kier molecular flexibility index (Phi) is 7.22. The van der Waals surface area contributed by atoms with Crippen molar-refractivity contribution in [2.24, 2.45) is 34.5 Å². The molecule has 0 radical (unpaired) electrons. The molecule has 4 rings (SSSR count). The van der Waals surface area contributed by atoms with Crippen LogP contribution in [0, 0.1) is 34.5 Å². The third kappa shape index (κ3) is 4.13. The lowest BCUT2D eigenvalue weighted by atomic mass is 9.44. The Morgan fingerprint density at radius 3 is 2.37 bits per heavy atom. The smallest absolute Gasteiger partial charge is 0.0696 e. The molecule has 0 aliphatic heterocycles. The highest BCUT2D eigenvalue weighted by Gasteiger charge is 2.60. The van der Waals surface area contributed by atoms with E-state index in [4.69, 9.17) is 0 Å². The summed E-state index contributed by atoms with van der Waals surface area (Å²) >= 11 is 0. The maximum atomic E-state index is 10.9. The molecule has 4 saturated carbocycles. The van der Waals surface area contributed by atoms with Crippen molar-refractivity contribution >= 4 is 0 Å². The molecule has 9 atom stereocenters. The second-order valence-corrected chi connectivity index (χ2v) is 12.1. The highest BCUT2D eigenvalue weighted by atomic mass is 16.3. The van der Waals surface area contributed by atoms with Crippen LogP contribution in [-0.4, -0.2) is 35.0 Å². The van der Waals surface area contributed by atoms with Crippen LogP contribution in [0.25, 0.3) is 0 Å². The molecule has 0 bridgehead atoms. The van der Waals surface area contributed by atoms with Crippen molar-refractivity contribution in [2.45, 2.75) is 129 Å². The van der Waals surface area contributed by atoms with E-state index < -0.39 is 0 Å². The van der Waals surface area contributed by atoms with E-state index in [-0.39, 0.29) is 23.7 Å². The van der Waals surface area contributed by atoms with Gasteiger partial charge in [0.2, 0.25) is 0 Å². The monoisotopic (exact) mass is 419 g/mol. The van der Waals surface area contributed by atoms with Gasteiger partial charge in [-0.15, -0.1) is 0 Å². The molecule has 0 aromatic heterocycles. The maximum Gasteiger partial charge on any atom is 0.0696 e. The van der Waals surface area contributed by atoms with E-state index in [9.17, 15) is 10.2 Å². The lowest BCUT2D eigenvalue weighted by Gasteiger charge is -2.61. The van der Waals surface area contributed by atoms with E-state index in [1.54, 1.807) is 0 Å². The predicted octanol–water partition coefficient (Wildman–Crippen LogP) is 5.68. The summed E-state index contributed by atoms with van der Waals surface area (Å²) in [7, 11) is 0. The third-order valence-corrected chi connectivity index (χ3v) is 10.6. The van der Waals surface area contributed by atoms with Crippen molar-refractivity contribution in [1.82, 2.24) is 5.32 Å². The summed E-state index contributed by atoms with van der Waals surface area (Å²) in [6.45, 7) is 8.30. The van der Waals surface area contributed by atoms with Gasteiger partial charge in [-0.1, -0.05) is 52.9 Å². The van der Waals surface area contributed by atoms with Crippen molar-refractivity contribution in [3.8, 4) is 0 Å². The minimum atomic E-state index is -0.165. The zero-order valence-electron chi connectivity index (χ0n) is 20.0. The van der Waals surface area contributed by atoms with Gasteiger partial charge in [0.1, 0.15) is 0 Å². The molecule has 0 saturated heterocycles. The van der Waals surface area contributed by atoms with Gasteiger partial charge < -0.3 is 15.5 Å². The first-order valence-electron chi connectivity index (χ1n) is 13.5. The van der Waals surface area contributed by atoms with Crippen LogP contribution in [0.5, 0.6) is 0 Å². The molecule has 4 aliphatic rings. The second kappa shape index (κ2) is 9.40. The molecule has 3 N–H and O–H groups in total. The van der Waals surface area contributed by atoms with Crippen molar-refractivity contribution < 1.29 is 10.2 Å². The lowest BCUT2D eigenvalue weighted by molar-refractivity contribution is -0.140. The molecule has 3 heteroatoms. The van der Waals surface area contributed by atoms with Gasteiger partial charge in [0.15, 0.2) is 0 Å². The van der Waals surface area contributed by atoms with Gasteiger partial charge in [0.05, 0.1) is 12.2 Å². The average molecular weight is 420 g/mol. The average Bonchev–Trinajstić information content (AvgIpc) is 3.03. The molecule has 4 aliphatic carbocycles. The van der Waals surface area contributed by atoms with E-state index in [1.165, 1.54) is 70.6 Å². The largest absolute Gasteiger partial charge is 0.393 e. The first-order chi connectivity index (χ1) is 14.4. The molecular formula is C27H49NO2. The van der Waals surface area contributed by atoms with E-state index in [2.05, 4.69) is 26.1 Å². The Morgan fingerprint density at radius 1 is 0.833 bits per heavy atom. The van der Waals surface area contributed by atoms with Gasteiger partial charge in [-0.25, -0.2) is 0 Å². The molecular weight excluding hydrogens is 370 g/mol. The fraction of sp³-hybridized carbons (Fsp3) is 1.00. The number of hydrogen-bond donors (Lipinski definition) is 3. The summed E-state index contributed by atoms with van der Waals surface area (Å²) in [5, 5.41) is 25.4. The summed E-state index contributed by atoms with van der Waals surface area (Å²) in [6.07, 6.45) is 17.3. The van der Waals surface area contributed by atoms with Crippen molar-refractivity contribution in [3.63, 3.8) is 0 Å². The Morgan fingerprint density at radius 2 is 1.57 bits per heavy atom. The summed E-state index contributed by atoms with van der Waals surface area (Å²) in [4.78, 5) is 0. The van der Waals surface area contributed by atoms with Crippen LogP contribution in [0.4, 0.5) is 0 Å². The van der Waals surface area contributed by atoms with Crippen LogP contribution < -0.4 is 5.32 Å². The van der Waals surface area contributed by atoms with Crippen LogP contribution in [0.2, 0.25) is 0 Å². The normalized spacial score (nSPS) is 48.1. The number of fused-ring (bicyclic) bond motifs is 5. The van der Waals surface area contributed by atoms with E-state index >= 15 is 0 Å². The third-order valence-electron chi connectivity index (χ3n) is 10.6. The highest BCUT2D eigenvalue weighted by Crippen LogP contribution is 2.66. The van der Waals surface area contributed by atoms with Crippen LogP contribution in [0.1, 0.15) is 111 Å². The molecule has 0 heterocycles. The van der Waals surface area contributed by atoms with Crippen LogP contribution >= 0.6 is 0 Å². The first kappa shape index (κ1) is 23.1. The topological polar surface area (TPSA) is 52.5 Å². The SMILES string of the molecule is CCCCCCCCN[C@H]1C[C@@]2(C)[C@@H](CC[C@@H]3[C@@H]2CC[C@]2(C)[C@@H](O)CC[C@@H]32)C[C@@H]1O. The predicted molar refractivity (Wildman–Crippen MR) is 124 cm³/mol. The van der Waals surface area contributed by atoms with Crippen LogP contribution in [-0.2, 0) is 0 Å².